The molecule has 1 atom stereocenters. The molecule has 2 rings (SSSR count). The summed E-state index contributed by atoms with van der Waals surface area (Å²) in [6, 6.07) is 18.5. The largest absolute Gasteiger partial charge is 0.396 e. The van der Waals surface area contributed by atoms with Gasteiger partial charge in [0.1, 0.15) is 0 Å². The fourth-order valence-corrected chi connectivity index (χ4v) is 2.36. The zero-order valence-corrected chi connectivity index (χ0v) is 13.1. The normalized spacial score (nSPS) is 11.5. The number of hydrogen-bond acceptors (Lipinski definition) is 3. The molecule has 4 heteroatoms. The number of rotatable bonds is 6. The summed E-state index contributed by atoms with van der Waals surface area (Å²) in [5.74, 6) is -0.145. The van der Waals surface area contributed by atoms with Crippen molar-refractivity contribution in [3.63, 3.8) is 0 Å². The van der Waals surface area contributed by atoms with E-state index in [9.17, 15) is 9.90 Å². The summed E-state index contributed by atoms with van der Waals surface area (Å²) in [5, 5.41) is 18.3. The Morgan fingerprint density at radius 1 is 1.22 bits per heavy atom. The number of aliphatic hydroxyl groups is 1. The van der Waals surface area contributed by atoms with E-state index in [1.807, 2.05) is 37.3 Å². The van der Waals surface area contributed by atoms with Crippen LogP contribution in [-0.2, 0) is 6.54 Å². The molecule has 2 aromatic rings. The van der Waals surface area contributed by atoms with E-state index >= 15 is 0 Å². The summed E-state index contributed by atoms with van der Waals surface area (Å²) in [6.45, 7) is 2.86. The Morgan fingerprint density at radius 2 is 1.96 bits per heavy atom. The third-order valence-corrected chi connectivity index (χ3v) is 3.59. The summed E-state index contributed by atoms with van der Waals surface area (Å²) in [7, 11) is 0. The van der Waals surface area contributed by atoms with Crippen LogP contribution in [0.3, 0.4) is 0 Å². The lowest BCUT2D eigenvalue weighted by molar-refractivity contribution is 0.0694. The maximum absolute atomic E-state index is 12.8. The van der Waals surface area contributed by atoms with Crippen molar-refractivity contribution in [3.05, 3.63) is 71.3 Å². The van der Waals surface area contributed by atoms with Gasteiger partial charge in [0.15, 0.2) is 0 Å². The number of carbonyl (C=O) groups excluding carboxylic acids is 1. The number of nitrogens with zero attached hydrogens (tertiary/aromatic N) is 2. The van der Waals surface area contributed by atoms with Crippen molar-refractivity contribution in [1.29, 1.82) is 5.26 Å². The first kappa shape index (κ1) is 16.7. The zero-order valence-electron chi connectivity index (χ0n) is 13.1. The van der Waals surface area contributed by atoms with Gasteiger partial charge in [-0.05, 0) is 29.7 Å². The quantitative estimate of drug-likeness (QED) is 0.892. The van der Waals surface area contributed by atoms with Crippen molar-refractivity contribution < 1.29 is 9.90 Å². The second kappa shape index (κ2) is 8.11. The monoisotopic (exact) mass is 308 g/mol. The van der Waals surface area contributed by atoms with Crippen LogP contribution < -0.4 is 0 Å². The first-order valence-corrected chi connectivity index (χ1v) is 7.58. The second-order valence-electron chi connectivity index (χ2n) is 5.65. The minimum Gasteiger partial charge on any atom is -0.396 e. The standard InChI is InChI=1S/C19H20N2O2/c1-15(14-22)12-21(13-16-6-3-2-4-7-16)19(23)18-9-5-8-17(10-18)11-20/h2-10,15,22H,12-14H2,1H3. The molecule has 0 spiro atoms. The van der Waals surface area contributed by atoms with Crippen LogP contribution in [0.1, 0.15) is 28.4 Å². The SMILES string of the molecule is CC(CO)CN(Cc1ccccc1)C(=O)c1cccc(C#N)c1. The fourth-order valence-electron chi connectivity index (χ4n) is 2.36. The molecule has 0 saturated heterocycles. The van der Waals surface area contributed by atoms with Gasteiger partial charge in [-0.1, -0.05) is 43.3 Å². The number of hydrogen-bond donors (Lipinski definition) is 1. The summed E-state index contributed by atoms with van der Waals surface area (Å²) in [4.78, 5) is 14.5. The smallest absolute Gasteiger partial charge is 0.254 e. The van der Waals surface area contributed by atoms with Gasteiger partial charge >= 0.3 is 0 Å². The van der Waals surface area contributed by atoms with Crippen LogP contribution in [0.25, 0.3) is 0 Å². The van der Waals surface area contributed by atoms with Crippen LogP contribution in [0.4, 0.5) is 0 Å². The zero-order chi connectivity index (χ0) is 16.7. The molecule has 0 aliphatic heterocycles. The van der Waals surface area contributed by atoms with E-state index < -0.39 is 0 Å². The Bertz CT molecular complexity index is 692. The highest BCUT2D eigenvalue weighted by Gasteiger charge is 2.18. The first-order chi connectivity index (χ1) is 11.1. The van der Waals surface area contributed by atoms with E-state index in [1.54, 1.807) is 29.2 Å². The van der Waals surface area contributed by atoms with Crippen molar-refractivity contribution in [2.24, 2.45) is 5.92 Å². The molecule has 1 amide bonds. The highest BCUT2D eigenvalue weighted by Crippen LogP contribution is 2.13. The Kier molecular flexibility index (Phi) is 5.90. The summed E-state index contributed by atoms with van der Waals surface area (Å²) in [6.07, 6.45) is 0. The van der Waals surface area contributed by atoms with Crippen LogP contribution >= 0.6 is 0 Å². The van der Waals surface area contributed by atoms with E-state index in [1.165, 1.54) is 0 Å². The van der Waals surface area contributed by atoms with Gasteiger partial charge in [0, 0.05) is 25.3 Å². The predicted octanol–water partition coefficient (Wildman–Crippen LogP) is 2.83. The third kappa shape index (κ3) is 4.67. The maximum atomic E-state index is 12.8. The molecule has 118 valence electrons. The number of amides is 1. The topological polar surface area (TPSA) is 64.3 Å². The fraction of sp³-hybridized carbons (Fsp3) is 0.263. The molecule has 0 heterocycles. The van der Waals surface area contributed by atoms with Gasteiger partial charge in [-0.15, -0.1) is 0 Å². The van der Waals surface area contributed by atoms with Gasteiger partial charge in [-0.3, -0.25) is 4.79 Å². The van der Waals surface area contributed by atoms with E-state index in [0.29, 0.717) is 24.2 Å². The molecule has 0 fully saturated rings. The number of aliphatic hydroxyl groups excluding tert-OH is 1. The highest BCUT2D eigenvalue weighted by molar-refractivity contribution is 5.94. The predicted molar refractivity (Wildman–Crippen MR) is 88.6 cm³/mol. The molecule has 1 N–H and O–H groups in total. The molecule has 0 aliphatic rings. The molecule has 0 saturated carbocycles. The Hall–Kier alpha value is -2.64. The molecular weight excluding hydrogens is 288 g/mol. The number of benzene rings is 2. The summed E-state index contributed by atoms with van der Waals surface area (Å²) >= 11 is 0. The molecule has 0 radical (unpaired) electrons. The number of nitriles is 1. The third-order valence-electron chi connectivity index (χ3n) is 3.59. The Labute approximate surface area is 136 Å². The minimum absolute atomic E-state index is 0.0122. The molecule has 4 nitrogen and oxygen atoms in total. The lowest BCUT2D eigenvalue weighted by Crippen LogP contribution is -2.35. The van der Waals surface area contributed by atoms with Crippen molar-refractivity contribution in [1.82, 2.24) is 4.90 Å². The molecule has 0 aromatic heterocycles. The van der Waals surface area contributed by atoms with Crippen LogP contribution in [0, 0.1) is 17.2 Å². The molecular formula is C19H20N2O2. The molecule has 0 bridgehead atoms. The van der Waals surface area contributed by atoms with Crippen LogP contribution in [0.2, 0.25) is 0 Å². The first-order valence-electron chi connectivity index (χ1n) is 7.58. The van der Waals surface area contributed by atoms with Crippen LogP contribution in [-0.4, -0.2) is 29.1 Å². The molecule has 0 aliphatic carbocycles. The summed E-state index contributed by atoms with van der Waals surface area (Å²) in [5.41, 5.74) is 1.98. The van der Waals surface area contributed by atoms with Crippen molar-refractivity contribution in [2.75, 3.05) is 13.2 Å². The van der Waals surface area contributed by atoms with Gasteiger partial charge in [-0.2, -0.15) is 5.26 Å². The average molecular weight is 308 g/mol. The van der Waals surface area contributed by atoms with E-state index in [4.69, 9.17) is 5.26 Å². The van der Waals surface area contributed by atoms with Crippen LogP contribution in [0.5, 0.6) is 0 Å². The second-order valence-corrected chi connectivity index (χ2v) is 5.65. The van der Waals surface area contributed by atoms with Gasteiger partial charge in [-0.25, -0.2) is 0 Å². The minimum atomic E-state index is -0.133. The Morgan fingerprint density at radius 3 is 2.61 bits per heavy atom. The van der Waals surface area contributed by atoms with Crippen molar-refractivity contribution >= 4 is 5.91 Å². The average Bonchev–Trinajstić information content (AvgIpc) is 2.61. The maximum Gasteiger partial charge on any atom is 0.254 e. The van der Waals surface area contributed by atoms with E-state index in [2.05, 4.69) is 6.07 Å². The van der Waals surface area contributed by atoms with Crippen molar-refractivity contribution in [3.8, 4) is 6.07 Å². The highest BCUT2D eigenvalue weighted by atomic mass is 16.3. The van der Waals surface area contributed by atoms with E-state index in [0.717, 1.165) is 5.56 Å². The van der Waals surface area contributed by atoms with E-state index in [-0.39, 0.29) is 18.4 Å². The van der Waals surface area contributed by atoms with Crippen LogP contribution in [0.15, 0.2) is 54.6 Å². The summed E-state index contributed by atoms with van der Waals surface area (Å²) < 4.78 is 0. The van der Waals surface area contributed by atoms with Gasteiger partial charge < -0.3 is 10.0 Å². The van der Waals surface area contributed by atoms with Crippen molar-refractivity contribution in [2.45, 2.75) is 13.5 Å². The molecule has 1 unspecified atom stereocenters. The van der Waals surface area contributed by atoms with Gasteiger partial charge in [0.2, 0.25) is 0 Å². The Balaban J connectivity index is 2.24. The lowest BCUT2D eigenvalue weighted by Gasteiger charge is -2.25. The van der Waals surface area contributed by atoms with Gasteiger partial charge in [0.05, 0.1) is 11.6 Å². The molecule has 2 aromatic carbocycles. The van der Waals surface area contributed by atoms with Gasteiger partial charge in [0.25, 0.3) is 5.91 Å². The molecule has 23 heavy (non-hydrogen) atoms. The lowest BCUT2D eigenvalue weighted by atomic mass is 10.1. The number of carbonyl (C=O) groups is 1.